The average molecular weight is 437 g/mol. The Morgan fingerprint density at radius 2 is 1.96 bits per heavy atom. The van der Waals surface area contributed by atoms with Crippen molar-refractivity contribution in [1.82, 2.24) is 4.90 Å². The standard InChI is InChI=1S/C17H28N4O5S.ClH/c1-20-7-10-21(2,11-8-20)9-4-12-27(24,25)19-15-6-5-14(13-16(15)22)18-17(23)26-3;/h5-6,13,19H,4,7-12H2,1-3H3,(H-,18,22,23);1H. The van der Waals surface area contributed by atoms with Crippen LogP contribution in [-0.2, 0) is 14.8 Å². The number of likely N-dealkylation sites (N-methyl/N-ethyl adjacent to an activating group) is 2. The van der Waals surface area contributed by atoms with Crippen LogP contribution in [0.3, 0.4) is 0 Å². The van der Waals surface area contributed by atoms with Gasteiger partial charge < -0.3 is 26.7 Å². The van der Waals surface area contributed by atoms with E-state index < -0.39 is 16.1 Å². The van der Waals surface area contributed by atoms with Gasteiger partial charge in [0.1, 0.15) is 5.75 Å². The molecule has 1 aromatic rings. The molecule has 0 saturated carbocycles. The Morgan fingerprint density at radius 3 is 2.54 bits per heavy atom. The highest BCUT2D eigenvalue weighted by Crippen LogP contribution is 2.28. The third-order valence-electron chi connectivity index (χ3n) is 4.85. The van der Waals surface area contributed by atoms with Crippen molar-refractivity contribution in [3.8, 4) is 5.75 Å². The normalized spacial score (nSPS) is 16.7. The number of ether oxygens (including phenoxy) is 1. The molecule has 0 radical (unpaired) electrons. The third kappa shape index (κ3) is 7.34. The van der Waals surface area contributed by atoms with Crippen LogP contribution in [0.5, 0.6) is 5.75 Å². The van der Waals surface area contributed by atoms with Crippen LogP contribution < -0.4 is 22.4 Å². The highest BCUT2D eigenvalue weighted by atomic mass is 35.5. The third-order valence-corrected chi connectivity index (χ3v) is 6.21. The molecule has 1 fully saturated rings. The monoisotopic (exact) mass is 436 g/mol. The van der Waals surface area contributed by atoms with E-state index in [4.69, 9.17) is 0 Å². The summed E-state index contributed by atoms with van der Waals surface area (Å²) < 4.78 is 32.4. The van der Waals surface area contributed by atoms with E-state index >= 15 is 0 Å². The summed E-state index contributed by atoms with van der Waals surface area (Å²) in [5, 5.41) is 12.4. The molecule has 1 aromatic carbocycles. The quantitative estimate of drug-likeness (QED) is 0.340. The number of methoxy groups -OCH3 is 1. The highest BCUT2D eigenvalue weighted by molar-refractivity contribution is 7.92. The molecule has 3 N–H and O–H groups in total. The second kappa shape index (κ2) is 10.1. The zero-order valence-corrected chi connectivity index (χ0v) is 18.0. The fraction of sp³-hybridized carbons (Fsp3) is 0.588. The summed E-state index contributed by atoms with van der Waals surface area (Å²) in [7, 11) is 1.90. The summed E-state index contributed by atoms with van der Waals surface area (Å²) in [6.07, 6.45) is -0.138. The first-order valence-electron chi connectivity index (χ1n) is 8.83. The molecule has 1 aliphatic heterocycles. The van der Waals surface area contributed by atoms with Crippen LogP contribution in [0.1, 0.15) is 6.42 Å². The second-order valence-corrected chi connectivity index (χ2v) is 9.06. The number of nitrogens with zero attached hydrogens (tertiary/aromatic N) is 2. The highest BCUT2D eigenvalue weighted by Gasteiger charge is 2.27. The Morgan fingerprint density at radius 1 is 1.32 bits per heavy atom. The molecule has 28 heavy (non-hydrogen) atoms. The van der Waals surface area contributed by atoms with E-state index in [1.807, 2.05) is 0 Å². The summed E-state index contributed by atoms with van der Waals surface area (Å²) in [5.74, 6) is -0.288. The second-order valence-electron chi connectivity index (χ2n) is 7.22. The number of benzene rings is 1. The molecule has 1 heterocycles. The van der Waals surface area contributed by atoms with E-state index in [0.29, 0.717) is 12.1 Å². The number of phenolic OH excluding ortho intramolecular Hbond substituents is 1. The van der Waals surface area contributed by atoms with Gasteiger partial charge in [0, 0.05) is 31.3 Å². The van der Waals surface area contributed by atoms with Crippen molar-refractivity contribution in [2.24, 2.45) is 0 Å². The molecule has 0 unspecified atom stereocenters. The lowest BCUT2D eigenvalue weighted by atomic mass is 10.2. The molecule has 1 amide bonds. The fourth-order valence-corrected chi connectivity index (χ4v) is 4.11. The minimum Gasteiger partial charge on any atom is -1.00 e. The SMILES string of the molecule is COC(=O)Nc1ccc(NS(=O)(=O)CCC[N+]2(C)CCN(C)CC2)c(O)c1.[Cl-]. The van der Waals surface area contributed by atoms with Crippen LogP contribution in [0.15, 0.2) is 18.2 Å². The van der Waals surface area contributed by atoms with Gasteiger partial charge in [0.25, 0.3) is 0 Å². The Hall–Kier alpha value is -1.75. The number of rotatable bonds is 7. The van der Waals surface area contributed by atoms with Crippen LogP contribution in [0.25, 0.3) is 0 Å². The predicted octanol–water partition coefficient (Wildman–Crippen LogP) is -1.90. The van der Waals surface area contributed by atoms with Crippen molar-refractivity contribution in [1.29, 1.82) is 0 Å². The Labute approximate surface area is 172 Å². The number of aromatic hydroxyl groups is 1. The van der Waals surface area contributed by atoms with Gasteiger partial charge >= 0.3 is 6.09 Å². The van der Waals surface area contributed by atoms with Gasteiger partial charge in [0.2, 0.25) is 10.0 Å². The van der Waals surface area contributed by atoms with Crippen molar-refractivity contribution < 1.29 is 39.9 Å². The van der Waals surface area contributed by atoms with Crippen LogP contribution in [0, 0.1) is 0 Å². The van der Waals surface area contributed by atoms with Crippen LogP contribution in [0.2, 0.25) is 0 Å². The minimum atomic E-state index is -3.58. The molecule has 160 valence electrons. The first-order valence-corrected chi connectivity index (χ1v) is 10.5. The smallest absolute Gasteiger partial charge is 0.411 e. The average Bonchev–Trinajstić information content (AvgIpc) is 2.60. The van der Waals surface area contributed by atoms with Crippen LogP contribution in [0.4, 0.5) is 16.2 Å². The van der Waals surface area contributed by atoms with Gasteiger partial charge in [-0.15, -0.1) is 0 Å². The molecule has 0 atom stereocenters. The molecule has 0 spiro atoms. The van der Waals surface area contributed by atoms with Crippen molar-refractivity contribution in [3.05, 3.63) is 18.2 Å². The zero-order chi connectivity index (χ0) is 20.1. The van der Waals surface area contributed by atoms with Gasteiger partial charge in [-0.3, -0.25) is 14.9 Å². The van der Waals surface area contributed by atoms with Crippen LogP contribution in [-0.4, -0.2) is 88.7 Å². The number of anilines is 2. The summed E-state index contributed by atoms with van der Waals surface area (Å²) in [6.45, 7) is 4.85. The largest absolute Gasteiger partial charge is 1.00 e. The predicted molar refractivity (Wildman–Crippen MR) is 104 cm³/mol. The van der Waals surface area contributed by atoms with Crippen LogP contribution >= 0.6 is 0 Å². The lowest BCUT2D eigenvalue weighted by Crippen LogP contribution is -3.00. The molecular formula is C17H29ClN4O5S. The summed E-state index contributed by atoms with van der Waals surface area (Å²) in [6, 6.07) is 4.13. The maximum atomic E-state index is 12.3. The topological polar surface area (TPSA) is 108 Å². The molecule has 0 bridgehead atoms. The van der Waals surface area contributed by atoms with Crippen molar-refractivity contribution in [2.75, 3.05) is 69.7 Å². The first-order chi connectivity index (χ1) is 12.6. The lowest BCUT2D eigenvalue weighted by molar-refractivity contribution is -0.913. The number of carbonyl (C=O) groups excluding carboxylic acids is 1. The van der Waals surface area contributed by atoms with E-state index in [0.717, 1.165) is 37.2 Å². The summed E-state index contributed by atoms with van der Waals surface area (Å²) in [4.78, 5) is 13.4. The number of quaternary nitrogens is 1. The molecule has 1 saturated heterocycles. The molecule has 1 aliphatic rings. The maximum absolute atomic E-state index is 12.3. The van der Waals surface area contributed by atoms with Gasteiger partial charge in [-0.2, -0.15) is 0 Å². The molecule has 9 nitrogen and oxygen atoms in total. The van der Waals surface area contributed by atoms with Gasteiger partial charge in [0.05, 0.1) is 45.2 Å². The number of carbonyl (C=O) groups is 1. The van der Waals surface area contributed by atoms with Gasteiger partial charge in [-0.25, -0.2) is 13.2 Å². The number of hydrogen-bond donors (Lipinski definition) is 3. The number of sulfonamides is 1. The Bertz CT molecular complexity index is 767. The van der Waals surface area contributed by atoms with Crippen molar-refractivity contribution >= 4 is 27.5 Å². The number of halogens is 1. The van der Waals surface area contributed by atoms with E-state index in [1.54, 1.807) is 0 Å². The van der Waals surface area contributed by atoms with E-state index in [1.165, 1.54) is 25.3 Å². The minimum absolute atomic E-state index is 0. The van der Waals surface area contributed by atoms with Crippen molar-refractivity contribution in [3.63, 3.8) is 0 Å². The fourth-order valence-electron chi connectivity index (χ4n) is 2.99. The first kappa shape index (κ1) is 24.3. The number of hydrogen-bond acceptors (Lipinski definition) is 6. The molecule has 0 aromatic heterocycles. The molecule has 0 aliphatic carbocycles. The summed E-state index contributed by atoms with van der Waals surface area (Å²) in [5.41, 5.74) is 0.375. The Kier molecular flexibility index (Phi) is 8.80. The molecule has 11 heteroatoms. The number of nitrogens with one attached hydrogen (secondary N) is 2. The Balaban J connectivity index is 0.00000392. The van der Waals surface area contributed by atoms with E-state index in [-0.39, 0.29) is 29.6 Å². The molecular weight excluding hydrogens is 408 g/mol. The van der Waals surface area contributed by atoms with Crippen molar-refractivity contribution in [2.45, 2.75) is 6.42 Å². The summed E-state index contributed by atoms with van der Waals surface area (Å²) >= 11 is 0. The number of piperazine rings is 1. The van der Waals surface area contributed by atoms with Gasteiger partial charge in [-0.1, -0.05) is 0 Å². The maximum Gasteiger partial charge on any atom is 0.411 e. The lowest BCUT2D eigenvalue weighted by Gasteiger charge is -2.41. The zero-order valence-electron chi connectivity index (χ0n) is 16.4. The van der Waals surface area contributed by atoms with Gasteiger partial charge in [-0.05, 0) is 19.2 Å². The molecule has 2 rings (SSSR count). The van der Waals surface area contributed by atoms with E-state index in [9.17, 15) is 18.3 Å². The number of amides is 1. The van der Waals surface area contributed by atoms with E-state index in [2.05, 4.69) is 33.8 Å². The number of phenols is 1. The van der Waals surface area contributed by atoms with Gasteiger partial charge in [0.15, 0.2) is 0 Å².